The van der Waals surface area contributed by atoms with Crippen LogP contribution in [0.2, 0.25) is 0 Å². The van der Waals surface area contributed by atoms with Gasteiger partial charge in [-0.2, -0.15) is 0 Å². The number of carbonyl (C=O) groups excluding carboxylic acids is 1. The number of hydrogen-bond donors (Lipinski definition) is 2. The number of alkyl halides is 3. The number of urea groups is 1. The number of fused-ring (bicyclic) bond motifs is 1. The van der Waals surface area contributed by atoms with E-state index in [0.29, 0.717) is 29.1 Å². The third kappa shape index (κ3) is 5.48. The predicted octanol–water partition coefficient (Wildman–Crippen LogP) is 4.94. The number of nitrogens with one attached hydrogen (secondary N) is 2. The Hall–Kier alpha value is -3.89. The Balaban J connectivity index is 1.65. The molecule has 33 heavy (non-hydrogen) atoms. The maximum Gasteiger partial charge on any atom is 0.573 e. The maximum absolute atomic E-state index is 14.4. The van der Waals surface area contributed by atoms with E-state index in [4.69, 9.17) is 4.74 Å². The Bertz CT molecular complexity index is 1130. The molecule has 1 aliphatic rings. The second-order valence-corrected chi connectivity index (χ2v) is 7.19. The van der Waals surface area contributed by atoms with Crippen molar-refractivity contribution in [1.82, 2.24) is 15.3 Å². The number of amides is 2. The first kappa shape index (κ1) is 22.3. The molecule has 1 aliphatic heterocycles. The van der Waals surface area contributed by atoms with Crippen molar-refractivity contribution >= 4 is 11.7 Å². The van der Waals surface area contributed by atoms with E-state index in [2.05, 4.69) is 25.3 Å². The largest absolute Gasteiger partial charge is 0.573 e. The van der Waals surface area contributed by atoms with Crippen molar-refractivity contribution in [1.29, 1.82) is 0 Å². The van der Waals surface area contributed by atoms with Gasteiger partial charge in [-0.05, 0) is 48.4 Å². The van der Waals surface area contributed by atoms with Crippen molar-refractivity contribution in [3.05, 3.63) is 78.1 Å². The maximum atomic E-state index is 14.4. The number of ether oxygens (including phenoxy) is 2. The van der Waals surface area contributed by atoms with Crippen molar-refractivity contribution in [3.63, 3.8) is 0 Å². The van der Waals surface area contributed by atoms with E-state index in [1.165, 1.54) is 18.5 Å². The minimum atomic E-state index is -5.02. The lowest BCUT2D eigenvalue weighted by Gasteiger charge is -2.26. The number of hydrogen-bond acceptors (Lipinski definition) is 5. The Labute approximate surface area is 185 Å². The van der Waals surface area contributed by atoms with Crippen LogP contribution in [0, 0.1) is 5.82 Å². The molecule has 2 unspecified atom stereocenters. The summed E-state index contributed by atoms with van der Waals surface area (Å²) in [6.07, 6.45) is -0.126. The van der Waals surface area contributed by atoms with Crippen molar-refractivity contribution in [2.75, 3.05) is 11.9 Å². The van der Waals surface area contributed by atoms with E-state index in [1.54, 1.807) is 30.5 Å². The highest BCUT2D eigenvalue weighted by Gasteiger charge is 2.35. The Morgan fingerprint density at radius 3 is 2.70 bits per heavy atom. The molecule has 0 bridgehead atoms. The van der Waals surface area contributed by atoms with Gasteiger partial charge in [-0.25, -0.2) is 9.18 Å². The molecule has 0 saturated carbocycles. The average Bonchev–Trinajstić information content (AvgIpc) is 2.95. The fourth-order valence-corrected chi connectivity index (χ4v) is 3.64. The number of pyridine rings is 2. The molecule has 0 fully saturated rings. The van der Waals surface area contributed by atoms with Crippen LogP contribution in [0.3, 0.4) is 0 Å². The molecule has 2 N–H and O–H groups in total. The van der Waals surface area contributed by atoms with Gasteiger partial charge in [-0.1, -0.05) is 6.07 Å². The van der Waals surface area contributed by atoms with Crippen LogP contribution in [-0.2, 0) is 0 Å². The quantitative estimate of drug-likeness (QED) is 0.537. The van der Waals surface area contributed by atoms with Gasteiger partial charge in [0, 0.05) is 18.3 Å². The number of halogens is 4. The normalized spacial score (nSPS) is 17.8. The highest BCUT2D eigenvalue weighted by Crippen LogP contribution is 2.40. The van der Waals surface area contributed by atoms with Gasteiger partial charge in [0.25, 0.3) is 0 Å². The second kappa shape index (κ2) is 9.31. The molecule has 0 aliphatic carbocycles. The highest BCUT2D eigenvalue weighted by molar-refractivity contribution is 5.89. The summed E-state index contributed by atoms with van der Waals surface area (Å²) in [7, 11) is 0. The van der Waals surface area contributed by atoms with E-state index in [1.807, 2.05) is 0 Å². The first-order valence-electron chi connectivity index (χ1n) is 9.90. The van der Waals surface area contributed by atoms with Crippen LogP contribution in [0.25, 0.3) is 0 Å². The lowest BCUT2D eigenvalue weighted by Crippen LogP contribution is -2.36. The molecule has 2 aromatic heterocycles. The summed E-state index contributed by atoms with van der Waals surface area (Å²) in [5.41, 5.74) is 1.23. The first-order valence-corrected chi connectivity index (χ1v) is 9.90. The van der Waals surface area contributed by atoms with Gasteiger partial charge in [-0.15, -0.1) is 13.2 Å². The molecule has 172 valence electrons. The number of carbonyl (C=O) groups is 1. The molecule has 3 aromatic rings. The van der Waals surface area contributed by atoms with E-state index in [9.17, 15) is 22.4 Å². The third-order valence-corrected chi connectivity index (χ3v) is 5.00. The van der Waals surface area contributed by atoms with Crippen molar-refractivity contribution in [2.45, 2.75) is 24.7 Å². The molecule has 1 aromatic carbocycles. The van der Waals surface area contributed by atoms with Gasteiger partial charge in [0.05, 0.1) is 24.5 Å². The third-order valence-electron chi connectivity index (χ3n) is 5.00. The molecule has 4 rings (SSSR count). The van der Waals surface area contributed by atoms with E-state index < -0.39 is 35.9 Å². The lowest BCUT2D eigenvalue weighted by molar-refractivity contribution is -0.275. The summed E-state index contributed by atoms with van der Waals surface area (Å²) in [6.45, 7) is 0.230. The smallest absolute Gasteiger partial charge is 0.492 e. The molecule has 0 spiro atoms. The molecule has 7 nitrogen and oxygen atoms in total. The number of nitrogens with zero attached hydrogens (tertiary/aromatic N) is 2. The summed E-state index contributed by atoms with van der Waals surface area (Å²) in [6, 6.07) is 8.57. The van der Waals surface area contributed by atoms with Crippen LogP contribution >= 0.6 is 0 Å². The van der Waals surface area contributed by atoms with E-state index in [0.717, 1.165) is 12.1 Å². The molecule has 11 heteroatoms. The zero-order valence-corrected chi connectivity index (χ0v) is 17.0. The fourth-order valence-electron chi connectivity index (χ4n) is 3.64. The van der Waals surface area contributed by atoms with Gasteiger partial charge in [-0.3, -0.25) is 9.97 Å². The summed E-state index contributed by atoms with van der Waals surface area (Å²) < 4.78 is 61.4. The summed E-state index contributed by atoms with van der Waals surface area (Å²) in [5.74, 6) is -2.21. The Morgan fingerprint density at radius 1 is 1.15 bits per heavy atom. The topological polar surface area (TPSA) is 85.4 Å². The molecule has 3 heterocycles. The van der Waals surface area contributed by atoms with Crippen LogP contribution in [-0.4, -0.2) is 29.0 Å². The van der Waals surface area contributed by atoms with Crippen molar-refractivity contribution in [2.24, 2.45) is 0 Å². The number of anilines is 1. The summed E-state index contributed by atoms with van der Waals surface area (Å²) in [4.78, 5) is 21.0. The van der Waals surface area contributed by atoms with Gasteiger partial charge in [0.2, 0.25) is 0 Å². The Morgan fingerprint density at radius 2 is 1.97 bits per heavy atom. The Kier molecular flexibility index (Phi) is 6.29. The predicted molar refractivity (Wildman–Crippen MR) is 109 cm³/mol. The van der Waals surface area contributed by atoms with E-state index in [-0.39, 0.29) is 6.61 Å². The standard InChI is InChI=1S/C22H18F4N4O3/c23-16-11-13(5-6-17(16)33-22(24,25)26)15-7-10-32-18-4-2-9-28-20(18)19(15)30-21(31)29-14-3-1-8-27-12-14/h1-6,8-9,11-12,15,19H,7,10H2,(H2,29,30,31). The minimum Gasteiger partial charge on any atom is -0.492 e. The first-order chi connectivity index (χ1) is 15.8. The van der Waals surface area contributed by atoms with Crippen LogP contribution in [0.1, 0.15) is 29.6 Å². The lowest BCUT2D eigenvalue weighted by atomic mass is 9.87. The van der Waals surface area contributed by atoms with Crippen LogP contribution in [0.4, 0.5) is 28.0 Å². The number of aromatic nitrogens is 2. The van der Waals surface area contributed by atoms with Crippen molar-refractivity contribution in [3.8, 4) is 11.5 Å². The van der Waals surface area contributed by atoms with Gasteiger partial charge in [0.15, 0.2) is 11.6 Å². The van der Waals surface area contributed by atoms with Gasteiger partial charge >= 0.3 is 12.4 Å². The van der Waals surface area contributed by atoms with Crippen LogP contribution in [0.15, 0.2) is 61.1 Å². The molecule has 0 radical (unpaired) electrons. The zero-order valence-electron chi connectivity index (χ0n) is 17.0. The van der Waals surface area contributed by atoms with Crippen LogP contribution in [0.5, 0.6) is 11.5 Å². The highest BCUT2D eigenvalue weighted by atomic mass is 19.4. The van der Waals surface area contributed by atoms with Crippen LogP contribution < -0.4 is 20.1 Å². The van der Waals surface area contributed by atoms with Gasteiger partial charge < -0.3 is 20.1 Å². The zero-order chi connectivity index (χ0) is 23.4. The fraction of sp³-hybridized carbons (Fsp3) is 0.227. The van der Waals surface area contributed by atoms with Gasteiger partial charge in [0.1, 0.15) is 11.4 Å². The second-order valence-electron chi connectivity index (χ2n) is 7.19. The number of rotatable bonds is 4. The average molecular weight is 462 g/mol. The SMILES string of the molecule is O=C(Nc1cccnc1)NC1c2ncccc2OCCC1c1ccc(OC(F)(F)F)c(F)c1. The van der Waals surface area contributed by atoms with Crippen molar-refractivity contribution < 1.29 is 31.8 Å². The molecule has 2 amide bonds. The number of benzene rings is 1. The molecule has 0 saturated heterocycles. The summed E-state index contributed by atoms with van der Waals surface area (Å²) in [5, 5.41) is 5.49. The monoisotopic (exact) mass is 462 g/mol. The van der Waals surface area contributed by atoms with E-state index >= 15 is 0 Å². The minimum absolute atomic E-state index is 0.230. The molecular formula is C22H18F4N4O3. The summed E-state index contributed by atoms with van der Waals surface area (Å²) >= 11 is 0. The molecular weight excluding hydrogens is 444 g/mol. The molecule has 2 atom stereocenters.